The summed E-state index contributed by atoms with van der Waals surface area (Å²) in [6.45, 7) is 2.05. The third-order valence-corrected chi connectivity index (χ3v) is 6.07. The van der Waals surface area contributed by atoms with Crippen molar-refractivity contribution in [3.63, 3.8) is 0 Å². The summed E-state index contributed by atoms with van der Waals surface area (Å²) in [7, 11) is 0. The first-order valence-electron chi connectivity index (χ1n) is 9.50. The quantitative estimate of drug-likeness (QED) is 0.300. The lowest BCUT2D eigenvalue weighted by molar-refractivity contribution is -0.115. The van der Waals surface area contributed by atoms with Crippen LogP contribution in [0.1, 0.15) is 12.0 Å². The van der Waals surface area contributed by atoms with Gasteiger partial charge in [-0.15, -0.1) is 23.1 Å². The fourth-order valence-electron chi connectivity index (χ4n) is 2.80. The van der Waals surface area contributed by atoms with Crippen molar-refractivity contribution in [2.75, 3.05) is 11.1 Å². The molecule has 0 fully saturated rings. The first-order valence-corrected chi connectivity index (χ1v) is 11.4. The topological polar surface area (TPSA) is 67.8 Å². The Morgan fingerprint density at radius 3 is 2.57 bits per heavy atom. The van der Waals surface area contributed by atoms with Gasteiger partial charge in [-0.05, 0) is 13.0 Å². The minimum absolute atomic E-state index is 0.0513. The van der Waals surface area contributed by atoms with E-state index in [1.807, 2.05) is 53.9 Å². The summed E-state index contributed by atoms with van der Waals surface area (Å²) < 4.78 is 0. The lowest BCUT2D eigenvalue weighted by Crippen LogP contribution is -2.12. The van der Waals surface area contributed by atoms with Crippen LogP contribution >= 0.6 is 23.1 Å². The molecule has 5 nitrogen and oxygen atoms in total. The number of hydrogen-bond donors (Lipinski definition) is 1. The van der Waals surface area contributed by atoms with Gasteiger partial charge < -0.3 is 5.32 Å². The Morgan fingerprint density at radius 1 is 1.00 bits per heavy atom. The van der Waals surface area contributed by atoms with Crippen LogP contribution in [0, 0.1) is 6.92 Å². The van der Waals surface area contributed by atoms with Crippen LogP contribution in [0.2, 0.25) is 0 Å². The van der Waals surface area contributed by atoms with Gasteiger partial charge in [0.15, 0.2) is 5.13 Å². The molecule has 30 heavy (non-hydrogen) atoms. The average Bonchev–Trinajstić information content (AvgIpc) is 3.23. The maximum absolute atomic E-state index is 12.3. The van der Waals surface area contributed by atoms with Crippen molar-refractivity contribution in [3.8, 4) is 22.5 Å². The summed E-state index contributed by atoms with van der Waals surface area (Å²) >= 11 is 2.98. The molecule has 150 valence electrons. The van der Waals surface area contributed by atoms with E-state index in [1.165, 1.54) is 16.9 Å². The van der Waals surface area contributed by atoms with Crippen molar-refractivity contribution in [2.24, 2.45) is 0 Å². The SMILES string of the molecule is Cc1ccc(-c2csc(NC(=O)CCSc3cc(-c4ccccc4)ncn3)n2)cc1. The van der Waals surface area contributed by atoms with Crippen LogP contribution in [-0.2, 0) is 4.79 Å². The molecule has 0 unspecified atom stereocenters. The zero-order chi connectivity index (χ0) is 20.8. The molecule has 0 radical (unpaired) electrons. The Labute approximate surface area is 183 Å². The third-order valence-electron chi connectivity index (χ3n) is 4.39. The Balaban J connectivity index is 1.29. The van der Waals surface area contributed by atoms with Crippen LogP contribution in [0.4, 0.5) is 5.13 Å². The lowest BCUT2D eigenvalue weighted by Gasteiger charge is -2.04. The highest BCUT2D eigenvalue weighted by atomic mass is 32.2. The van der Waals surface area contributed by atoms with Crippen molar-refractivity contribution in [1.82, 2.24) is 15.0 Å². The Hall–Kier alpha value is -3.03. The minimum Gasteiger partial charge on any atom is -0.302 e. The summed E-state index contributed by atoms with van der Waals surface area (Å²) in [5, 5.41) is 6.32. The number of aryl methyl sites for hydroxylation is 1. The monoisotopic (exact) mass is 432 g/mol. The molecule has 2 heterocycles. The molecule has 0 atom stereocenters. The van der Waals surface area contributed by atoms with Gasteiger partial charge in [0.25, 0.3) is 0 Å². The van der Waals surface area contributed by atoms with Gasteiger partial charge in [-0.1, -0.05) is 60.2 Å². The van der Waals surface area contributed by atoms with Gasteiger partial charge >= 0.3 is 0 Å². The number of anilines is 1. The van der Waals surface area contributed by atoms with Gasteiger partial charge in [0.05, 0.1) is 16.4 Å². The van der Waals surface area contributed by atoms with Crippen LogP contribution in [-0.4, -0.2) is 26.6 Å². The summed E-state index contributed by atoms with van der Waals surface area (Å²) in [5.41, 5.74) is 5.06. The molecular weight excluding hydrogens is 412 g/mol. The van der Waals surface area contributed by atoms with Crippen LogP contribution in [0.15, 0.2) is 77.4 Å². The first kappa shape index (κ1) is 20.3. The summed E-state index contributed by atoms with van der Waals surface area (Å²) in [6.07, 6.45) is 1.95. The number of aromatic nitrogens is 3. The average molecular weight is 433 g/mol. The fourth-order valence-corrected chi connectivity index (χ4v) is 4.35. The van der Waals surface area contributed by atoms with Gasteiger partial charge in [0.1, 0.15) is 6.33 Å². The molecule has 2 aromatic heterocycles. The van der Waals surface area contributed by atoms with Crippen LogP contribution < -0.4 is 5.32 Å². The van der Waals surface area contributed by atoms with E-state index >= 15 is 0 Å². The number of hydrogen-bond acceptors (Lipinski definition) is 6. The number of thiazole rings is 1. The van der Waals surface area contributed by atoms with Crippen LogP contribution in [0.3, 0.4) is 0 Å². The first-order chi connectivity index (χ1) is 14.7. The molecule has 0 saturated carbocycles. The van der Waals surface area contributed by atoms with Gasteiger partial charge in [-0.25, -0.2) is 15.0 Å². The van der Waals surface area contributed by atoms with Crippen molar-refractivity contribution < 1.29 is 4.79 Å². The second-order valence-corrected chi connectivity index (χ2v) is 8.63. The Bertz CT molecular complexity index is 1130. The molecule has 0 aliphatic carbocycles. The highest BCUT2D eigenvalue weighted by Crippen LogP contribution is 2.26. The van der Waals surface area contributed by atoms with Crippen LogP contribution in [0.25, 0.3) is 22.5 Å². The molecule has 1 amide bonds. The van der Waals surface area contributed by atoms with E-state index in [0.717, 1.165) is 27.5 Å². The normalized spacial score (nSPS) is 10.7. The molecule has 4 rings (SSSR count). The molecule has 7 heteroatoms. The number of rotatable bonds is 7. The van der Waals surface area contributed by atoms with E-state index in [9.17, 15) is 4.79 Å². The maximum atomic E-state index is 12.3. The molecule has 0 saturated heterocycles. The van der Waals surface area contributed by atoms with Crippen LogP contribution in [0.5, 0.6) is 0 Å². The summed E-state index contributed by atoms with van der Waals surface area (Å²) in [5.74, 6) is 0.581. The molecule has 2 aromatic carbocycles. The minimum atomic E-state index is -0.0513. The van der Waals surface area contributed by atoms with E-state index in [0.29, 0.717) is 17.3 Å². The van der Waals surface area contributed by atoms with E-state index in [2.05, 4.69) is 39.3 Å². The predicted molar refractivity (Wildman–Crippen MR) is 124 cm³/mol. The molecule has 1 N–H and O–H groups in total. The Kier molecular flexibility index (Phi) is 6.51. The standard InChI is InChI=1S/C23H20N4OS2/c1-16-7-9-18(10-8-16)20-14-30-23(26-20)27-21(28)11-12-29-22-13-19(24-15-25-22)17-5-3-2-4-6-17/h2-10,13-15H,11-12H2,1H3,(H,26,27,28). The Morgan fingerprint density at radius 2 is 1.77 bits per heavy atom. The summed E-state index contributed by atoms with van der Waals surface area (Å²) in [6, 6.07) is 20.1. The highest BCUT2D eigenvalue weighted by Gasteiger charge is 2.09. The van der Waals surface area contributed by atoms with Gasteiger partial charge in [0.2, 0.25) is 5.91 Å². The maximum Gasteiger partial charge on any atom is 0.226 e. The number of nitrogens with one attached hydrogen (secondary N) is 1. The van der Waals surface area contributed by atoms with Gasteiger partial charge in [-0.2, -0.15) is 0 Å². The van der Waals surface area contributed by atoms with Crippen molar-refractivity contribution in [1.29, 1.82) is 0 Å². The van der Waals surface area contributed by atoms with Crippen molar-refractivity contribution >= 4 is 34.1 Å². The molecule has 0 aliphatic heterocycles. The van der Waals surface area contributed by atoms with E-state index in [-0.39, 0.29) is 5.91 Å². The predicted octanol–water partition coefficient (Wildman–Crippen LogP) is 5.70. The fraction of sp³-hybridized carbons (Fsp3) is 0.130. The number of thioether (sulfide) groups is 1. The second kappa shape index (κ2) is 9.65. The number of carbonyl (C=O) groups is 1. The molecular formula is C23H20N4OS2. The number of carbonyl (C=O) groups excluding carboxylic acids is 1. The number of nitrogens with zero attached hydrogens (tertiary/aromatic N) is 3. The lowest BCUT2D eigenvalue weighted by atomic mass is 10.1. The molecule has 4 aromatic rings. The summed E-state index contributed by atoms with van der Waals surface area (Å²) in [4.78, 5) is 25.4. The second-order valence-electron chi connectivity index (χ2n) is 6.66. The molecule has 0 spiro atoms. The molecule has 0 bridgehead atoms. The number of amides is 1. The third kappa shape index (κ3) is 5.31. The van der Waals surface area contributed by atoms with E-state index < -0.39 is 0 Å². The van der Waals surface area contributed by atoms with Gasteiger partial charge in [0, 0.05) is 28.7 Å². The van der Waals surface area contributed by atoms with E-state index in [4.69, 9.17) is 0 Å². The zero-order valence-electron chi connectivity index (χ0n) is 16.4. The highest BCUT2D eigenvalue weighted by molar-refractivity contribution is 7.99. The van der Waals surface area contributed by atoms with E-state index in [1.54, 1.807) is 18.1 Å². The van der Waals surface area contributed by atoms with Crippen molar-refractivity contribution in [2.45, 2.75) is 18.4 Å². The van der Waals surface area contributed by atoms with Crippen molar-refractivity contribution in [3.05, 3.63) is 77.9 Å². The van der Waals surface area contributed by atoms with Gasteiger partial charge in [-0.3, -0.25) is 4.79 Å². The number of benzene rings is 2. The molecule has 0 aliphatic rings. The zero-order valence-corrected chi connectivity index (χ0v) is 18.0. The largest absolute Gasteiger partial charge is 0.302 e. The smallest absolute Gasteiger partial charge is 0.226 e.